The third-order valence-electron chi connectivity index (χ3n) is 5.15. The molecular weight excluding hydrogens is 527 g/mol. The number of methoxy groups -OCH3 is 1. The Morgan fingerprint density at radius 3 is 1.59 bits per heavy atom. The van der Waals surface area contributed by atoms with E-state index < -0.39 is 28.1 Å². The van der Waals surface area contributed by atoms with Gasteiger partial charge in [-0.25, -0.2) is 0 Å². The van der Waals surface area contributed by atoms with Crippen molar-refractivity contribution in [2.75, 3.05) is 13.7 Å². The Morgan fingerprint density at radius 2 is 1.12 bits per heavy atom. The Balaban J connectivity index is 2.05. The summed E-state index contributed by atoms with van der Waals surface area (Å²) in [7, 11) is -1.39. The third kappa shape index (κ3) is 4.98. The zero-order valence-corrected chi connectivity index (χ0v) is 21.2. The van der Waals surface area contributed by atoms with E-state index in [1.807, 2.05) is 84.9 Å². The van der Waals surface area contributed by atoms with Crippen LogP contribution in [0.2, 0.25) is 0 Å². The molecule has 2 nitrogen and oxygen atoms in total. The molecular formula is C28H25O2PTe. The monoisotopic (exact) mass is 554 g/mol. The van der Waals surface area contributed by atoms with Crippen molar-refractivity contribution in [3.63, 3.8) is 0 Å². The molecule has 0 spiro atoms. The molecule has 0 aliphatic heterocycles. The zero-order valence-electron chi connectivity index (χ0n) is 17.9. The first kappa shape index (κ1) is 22.8. The van der Waals surface area contributed by atoms with Crippen LogP contribution in [0.15, 0.2) is 125 Å². The summed E-state index contributed by atoms with van der Waals surface area (Å²) in [5.74, 6) is 0. The second-order valence-corrected chi connectivity index (χ2v) is 14.0. The van der Waals surface area contributed by atoms with Crippen molar-refractivity contribution in [2.45, 2.75) is 0 Å². The van der Waals surface area contributed by atoms with Crippen molar-refractivity contribution < 1.29 is 9.30 Å². The van der Waals surface area contributed by atoms with Gasteiger partial charge in [0.15, 0.2) is 0 Å². The molecule has 4 heteroatoms. The van der Waals surface area contributed by atoms with Crippen LogP contribution in [0.4, 0.5) is 0 Å². The topological polar surface area (TPSA) is 26.3 Å². The van der Waals surface area contributed by atoms with Crippen LogP contribution in [-0.4, -0.2) is 34.6 Å². The average molecular weight is 552 g/mol. The van der Waals surface area contributed by atoms with E-state index in [2.05, 4.69) is 36.4 Å². The first-order chi connectivity index (χ1) is 15.7. The Kier molecular flexibility index (Phi) is 7.80. The molecule has 0 aromatic heterocycles. The summed E-state index contributed by atoms with van der Waals surface area (Å²) >= 11 is -0.959. The molecule has 4 aromatic carbocycles. The summed E-state index contributed by atoms with van der Waals surface area (Å²) in [5.41, 5.74) is 2.10. The molecule has 0 heterocycles. The van der Waals surface area contributed by atoms with Gasteiger partial charge in [0.05, 0.1) is 0 Å². The number of ether oxygens (including phenoxy) is 1. The fourth-order valence-electron chi connectivity index (χ4n) is 3.63. The van der Waals surface area contributed by atoms with Crippen LogP contribution < -0.4 is 14.2 Å². The Hall–Kier alpha value is -2.40. The van der Waals surface area contributed by atoms with Crippen LogP contribution in [0, 0.1) is 0 Å². The van der Waals surface area contributed by atoms with Crippen molar-refractivity contribution in [3.05, 3.63) is 130 Å². The Bertz CT molecular complexity index is 1160. The summed E-state index contributed by atoms with van der Waals surface area (Å²) in [6, 6.07) is 40.6. The minimum atomic E-state index is -3.09. The first-order valence-electron chi connectivity index (χ1n) is 10.5. The summed E-state index contributed by atoms with van der Waals surface area (Å²) < 4.78 is 23.3. The molecule has 0 N–H and O–H groups in total. The van der Waals surface area contributed by atoms with E-state index in [0.29, 0.717) is 6.61 Å². The van der Waals surface area contributed by atoms with Crippen molar-refractivity contribution in [3.8, 4) is 0 Å². The average Bonchev–Trinajstić information content (AvgIpc) is 2.88. The fraction of sp³-hybridized carbons (Fsp3) is 0.0714. The van der Waals surface area contributed by atoms with Gasteiger partial charge < -0.3 is 0 Å². The van der Waals surface area contributed by atoms with Crippen LogP contribution in [0.3, 0.4) is 0 Å². The van der Waals surface area contributed by atoms with E-state index in [0.717, 1.165) is 25.1 Å². The van der Waals surface area contributed by atoms with Crippen LogP contribution in [0.5, 0.6) is 0 Å². The van der Waals surface area contributed by atoms with Gasteiger partial charge in [0.1, 0.15) is 0 Å². The van der Waals surface area contributed by atoms with Crippen molar-refractivity contribution >= 4 is 47.9 Å². The van der Waals surface area contributed by atoms with Gasteiger partial charge in [-0.1, -0.05) is 0 Å². The molecule has 0 saturated carbocycles. The predicted octanol–water partition coefficient (Wildman–Crippen LogP) is 5.05. The fourth-order valence-corrected chi connectivity index (χ4v) is 12.2. The van der Waals surface area contributed by atoms with Crippen LogP contribution in [0.25, 0.3) is 5.57 Å². The molecule has 4 rings (SSSR count). The molecule has 0 unspecified atom stereocenters. The van der Waals surface area contributed by atoms with E-state index in [4.69, 9.17) is 4.74 Å². The molecule has 0 radical (unpaired) electrons. The van der Waals surface area contributed by atoms with Gasteiger partial charge >= 0.3 is 201 Å². The SMILES string of the molecule is COC/C(=C(/[Te]c1ccccc1)P(=O)(c1ccccc1)c1ccccc1)c1ccccc1. The van der Waals surface area contributed by atoms with Gasteiger partial charge in [0, 0.05) is 0 Å². The minimum absolute atomic E-state index is 0.417. The van der Waals surface area contributed by atoms with Gasteiger partial charge in [0.2, 0.25) is 0 Å². The summed E-state index contributed by atoms with van der Waals surface area (Å²) in [4.78, 5) is 0. The Morgan fingerprint density at radius 1 is 0.688 bits per heavy atom. The second kappa shape index (κ2) is 11.0. The van der Waals surface area contributed by atoms with E-state index >= 15 is 4.57 Å². The maximum absolute atomic E-state index is 15.3. The standard InChI is InChI=1S/C28H25O2PTe/c1-30-22-27(23-14-6-2-7-15-23)28(32-26-20-12-5-13-21-26)31(29,24-16-8-3-9-17-24)25-18-10-4-11-19-25/h2-21H,22H2,1H3/b28-27-. The van der Waals surface area contributed by atoms with E-state index in [1.165, 1.54) is 3.61 Å². The zero-order chi connectivity index (χ0) is 22.2. The molecule has 0 atom stereocenters. The quantitative estimate of drug-likeness (QED) is 0.226. The van der Waals surface area contributed by atoms with Crippen molar-refractivity contribution in [2.24, 2.45) is 0 Å². The molecule has 0 fully saturated rings. The normalized spacial score (nSPS) is 12.3. The van der Waals surface area contributed by atoms with Crippen LogP contribution in [-0.2, 0) is 9.30 Å². The van der Waals surface area contributed by atoms with E-state index in [-0.39, 0.29) is 0 Å². The number of hydrogen-bond donors (Lipinski definition) is 0. The Labute approximate surface area is 200 Å². The second-order valence-electron chi connectivity index (χ2n) is 7.28. The third-order valence-corrected chi connectivity index (χ3v) is 13.6. The van der Waals surface area contributed by atoms with E-state index in [9.17, 15) is 0 Å². The van der Waals surface area contributed by atoms with E-state index in [1.54, 1.807) is 7.11 Å². The number of hydrogen-bond acceptors (Lipinski definition) is 2. The molecule has 4 aromatic rings. The van der Waals surface area contributed by atoms with Crippen LogP contribution >= 0.6 is 7.14 Å². The molecule has 0 amide bonds. The predicted molar refractivity (Wildman–Crippen MR) is 137 cm³/mol. The van der Waals surface area contributed by atoms with Gasteiger partial charge in [-0.3, -0.25) is 0 Å². The molecule has 0 saturated heterocycles. The van der Waals surface area contributed by atoms with Gasteiger partial charge in [-0.05, 0) is 0 Å². The van der Waals surface area contributed by atoms with Crippen LogP contribution in [0.1, 0.15) is 5.56 Å². The molecule has 32 heavy (non-hydrogen) atoms. The maximum atomic E-state index is 15.3. The van der Waals surface area contributed by atoms with Gasteiger partial charge in [0.25, 0.3) is 0 Å². The number of rotatable bonds is 8. The summed E-state index contributed by atoms with van der Waals surface area (Å²) in [5, 5.41) is 1.73. The molecule has 0 aliphatic carbocycles. The molecule has 160 valence electrons. The number of benzene rings is 4. The molecule has 0 bridgehead atoms. The first-order valence-corrected chi connectivity index (χ1v) is 14.5. The van der Waals surface area contributed by atoms with Crippen molar-refractivity contribution in [1.82, 2.24) is 0 Å². The van der Waals surface area contributed by atoms with Gasteiger partial charge in [-0.15, -0.1) is 0 Å². The summed E-state index contributed by atoms with van der Waals surface area (Å²) in [6.45, 7) is 0.417. The van der Waals surface area contributed by atoms with Crippen molar-refractivity contribution in [1.29, 1.82) is 0 Å². The summed E-state index contributed by atoms with van der Waals surface area (Å²) in [6.07, 6.45) is 0. The molecule has 0 aliphatic rings. The van der Waals surface area contributed by atoms with Gasteiger partial charge in [-0.2, -0.15) is 0 Å².